The van der Waals surface area contributed by atoms with Gasteiger partial charge in [0.1, 0.15) is 11.6 Å². The molecule has 0 aromatic carbocycles. The van der Waals surface area contributed by atoms with Crippen LogP contribution in [0.4, 0.5) is 5.82 Å². The molecule has 0 spiro atoms. The number of nitrogens with two attached hydrogens (primary N) is 1. The predicted octanol–water partition coefficient (Wildman–Crippen LogP) is 0.155. The Labute approximate surface area is 65.7 Å². The summed E-state index contributed by atoms with van der Waals surface area (Å²) < 4.78 is 1.78. The molecule has 4 nitrogen and oxygen atoms in total. The van der Waals surface area contributed by atoms with Crippen LogP contribution in [0.2, 0.25) is 0 Å². The number of aliphatic hydroxyl groups is 1. The number of imidazole rings is 1. The molecule has 0 bridgehead atoms. The lowest BCUT2D eigenvalue weighted by Crippen LogP contribution is -2.14. The Morgan fingerprint density at radius 2 is 2.45 bits per heavy atom. The second-order valence-corrected chi connectivity index (χ2v) is 2.69. The highest BCUT2D eigenvalue weighted by atomic mass is 16.3. The molecule has 0 unspecified atom stereocenters. The highest BCUT2D eigenvalue weighted by molar-refractivity contribution is 5.27. The van der Waals surface area contributed by atoms with E-state index in [0.29, 0.717) is 12.4 Å². The van der Waals surface area contributed by atoms with Crippen LogP contribution in [0.25, 0.3) is 0 Å². The van der Waals surface area contributed by atoms with Gasteiger partial charge in [-0.25, -0.2) is 4.98 Å². The van der Waals surface area contributed by atoms with Crippen LogP contribution >= 0.6 is 0 Å². The Balaban J connectivity index is 2.83. The van der Waals surface area contributed by atoms with E-state index in [0.717, 1.165) is 5.82 Å². The van der Waals surface area contributed by atoms with E-state index < -0.39 is 0 Å². The molecule has 1 aromatic rings. The molecule has 1 atom stereocenters. The maximum Gasteiger partial charge on any atom is 0.123 e. The first-order valence-electron chi connectivity index (χ1n) is 3.57. The Hall–Kier alpha value is -1.03. The van der Waals surface area contributed by atoms with Crippen LogP contribution in [-0.4, -0.2) is 20.8 Å². The quantitative estimate of drug-likeness (QED) is 0.639. The second-order valence-electron chi connectivity index (χ2n) is 2.69. The first kappa shape index (κ1) is 8.07. The van der Waals surface area contributed by atoms with Gasteiger partial charge in [-0.05, 0) is 13.8 Å². The lowest BCUT2D eigenvalue weighted by molar-refractivity contribution is 0.173. The fourth-order valence-electron chi connectivity index (χ4n) is 0.988. The first-order chi connectivity index (χ1) is 5.11. The van der Waals surface area contributed by atoms with E-state index in [4.69, 9.17) is 10.8 Å². The van der Waals surface area contributed by atoms with Gasteiger partial charge >= 0.3 is 0 Å². The molecule has 11 heavy (non-hydrogen) atoms. The lowest BCUT2D eigenvalue weighted by atomic mass is 10.4. The highest BCUT2D eigenvalue weighted by Gasteiger charge is 2.04. The van der Waals surface area contributed by atoms with E-state index in [2.05, 4.69) is 4.98 Å². The maximum atomic E-state index is 9.07. The molecule has 4 heteroatoms. The lowest BCUT2D eigenvalue weighted by Gasteiger charge is -2.08. The molecule has 0 fully saturated rings. The Morgan fingerprint density at radius 3 is 2.82 bits per heavy atom. The van der Waals surface area contributed by atoms with Crippen LogP contribution < -0.4 is 5.73 Å². The zero-order valence-corrected chi connectivity index (χ0v) is 6.78. The number of rotatable bonds is 2. The SMILES string of the molecule is Cc1ncc(N)n1C[C@@H](C)O. The van der Waals surface area contributed by atoms with Crippen molar-refractivity contribution in [3.8, 4) is 0 Å². The van der Waals surface area contributed by atoms with Gasteiger partial charge in [-0.15, -0.1) is 0 Å². The van der Waals surface area contributed by atoms with Crippen molar-refractivity contribution in [1.82, 2.24) is 9.55 Å². The summed E-state index contributed by atoms with van der Waals surface area (Å²) in [5.41, 5.74) is 5.58. The van der Waals surface area contributed by atoms with E-state index in [9.17, 15) is 0 Å². The number of nitrogens with zero attached hydrogens (tertiary/aromatic N) is 2. The van der Waals surface area contributed by atoms with Crippen LogP contribution in [0.1, 0.15) is 12.7 Å². The number of aryl methyl sites for hydroxylation is 1. The van der Waals surface area contributed by atoms with E-state index in [-0.39, 0.29) is 6.10 Å². The van der Waals surface area contributed by atoms with Crippen molar-refractivity contribution in [1.29, 1.82) is 0 Å². The van der Waals surface area contributed by atoms with Gasteiger partial charge in [0.05, 0.1) is 18.8 Å². The Morgan fingerprint density at radius 1 is 1.82 bits per heavy atom. The monoisotopic (exact) mass is 155 g/mol. The third-order valence-corrected chi connectivity index (χ3v) is 1.53. The summed E-state index contributed by atoms with van der Waals surface area (Å²) in [7, 11) is 0. The van der Waals surface area contributed by atoms with Gasteiger partial charge in [0.2, 0.25) is 0 Å². The fourth-order valence-corrected chi connectivity index (χ4v) is 0.988. The molecule has 1 aromatic heterocycles. The van der Waals surface area contributed by atoms with Crippen molar-refractivity contribution >= 4 is 5.82 Å². The van der Waals surface area contributed by atoms with Gasteiger partial charge in [-0.1, -0.05) is 0 Å². The summed E-state index contributed by atoms with van der Waals surface area (Å²) in [5, 5.41) is 9.07. The van der Waals surface area contributed by atoms with Crippen molar-refractivity contribution in [2.24, 2.45) is 0 Å². The smallest absolute Gasteiger partial charge is 0.123 e. The molecule has 0 saturated carbocycles. The maximum absolute atomic E-state index is 9.07. The second kappa shape index (κ2) is 2.92. The molecule has 3 N–H and O–H groups in total. The Kier molecular flexibility index (Phi) is 2.14. The molecule has 62 valence electrons. The molecular weight excluding hydrogens is 142 g/mol. The molecule has 0 aliphatic carbocycles. The van der Waals surface area contributed by atoms with Gasteiger partial charge < -0.3 is 15.4 Å². The molecular formula is C7H13N3O. The van der Waals surface area contributed by atoms with E-state index in [1.165, 1.54) is 0 Å². The number of hydrogen-bond donors (Lipinski definition) is 2. The summed E-state index contributed by atoms with van der Waals surface area (Å²) in [6, 6.07) is 0. The predicted molar refractivity (Wildman–Crippen MR) is 43.1 cm³/mol. The highest BCUT2D eigenvalue weighted by Crippen LogP contribution is 2.06. The molecule has 0 aliphatic rings. The van der Waals surface area contributed by atoms with Gasteiger partial charge in [-0.3, -0.25) is 0 Å². The first-order valence-corrected chi connectivity index (χ1v) is 3.57. The minimum Gasteiger partial charge on any atom is -0.392 e. The van der Waals surface area contributed by atoms with E-state index in [1.807, 2.05) is 6.92 Å². The zero-order chi connectivity index (χ0) is 8.43. The summed E-state index contributed by atoms with van der Waals surface area (Å²) in [6.45, 7) is 4.09. The summed E-state index contributed by atoms with van der Waals surface area (Å²) in [6.07, 6.45) is 1.21. The Bertz CT molecular complexity index is 222. The van der Waals surface area contributed by atoms with Gasteiger partial charge in [-0.2, -0.15) is 0 Å². The van der Waals surface area contributed by atoms with Crippen LogP contribution in [0, 0.1) is 6.92 Å². The van der Waals surface area contributed by atoms with Crippen molar-refractivity contribution < 1.29 is 5.11 Å². The minimum absolute atomic E-state index is 0.384. The van der Waals surface area contributed by atoms with Gasteiger partial charge in [0.25, 0.3) is 0 Å². The van der Waals surface area contributed by atoms with Crippen molar-refractivity contribution in [3.05, 3.63) is 12.0 Å². The number of aliphatic hydroxyl groups excluding tert-OH is 1. The number of anilines is 1. The van der Waals surface area contributed by atoms with Crippen LogP contribution in [-0.2, 0) is 6.54 Å². The fraction of sp³-hybridized carbons (Fsp3) is 0.571. The largest absolute Gasteiger partial charge is 0.392 e. The van der Waals surface area contributed by atoms with Crippen molar-refractivity contribution in [2.75, 3.05) is 5.73 Å². The van der Waals surface area contributed by atoms with Gasteiger partial charge in [0.15, 0.2) is 0 Å². The summed E-state index contributed by atoms with van der Waals surface area (Å²) in [5.74, 6) is 1.44. The molecule has 0 saturated heterocycles. The van der Waals surface area contributed by atoms with Gasteiger partial charge in [0, 0.05) is 0 Å². The van der Waals surface area contributed by atoms with Crippen LogP contribution in [0.5, 0.6) is 0 Å². The molecule has 1 heterocycles. The van der Waals surface area contributed by atoms with Crippen LogP contribution in [0.15, 0.2) is 6.20 Å². The standard InChI is InChI=1S/C7H13N3O/c1-5(11)4-10-6(2)9-3-7(10)8/h3,5,11H,4,8H2,1-2H3/t5-/m1/s1. The molecule has 0 aliphatic heterocycles. The van der Waals surface area contributed by atoms with Crippen molar-refractivity contribution in [2.45, 2.75) is 26.5 Å². The van der Waals surface area contributed by atoms with Crippen LogP contribution in [0.3, 0.4) is 0 Å². The minimum atomic E-state index is -0.384. The zero-order valence-electron chi connectivity index (χ0n) is 6.78. The molecule has 0 amide bonds. The van der Waals surface area contributed by atoms with Crippen molar-refractivity contribution in [3.63, 3.8) is 0 Å². The number of hydrogen-bond acceptors (Lipinski definition) is 3. The summed E-state index contributed by atoms with van der Waals surface area (Å²) >= 11 is 0. The average molecular weight is 155 g/mol. The van der Waals surface area contributed by atoms with E-state index in [1.54, 1.807) is 17.7 Å². The molecule has 0 radical (unpaired) electrons. The third-order valence-electron chi connectivity index (χ3n) is 1.53. The van der Waals surface area contributed by atoms with E-state index >= 15 is 0 Å². The normalized spacial score (nSPS) is 13.4. The average Bonchev–Trinajstić information content (AvgIpc) is 2.18. The third kappa shape index (κ3) is 1.71. The topological polar surface area (TPSA) is 64.1 Å². The molecule has 1 rings (SSSR count). The summed E-state index contributed by atoms with van der Waals surface area (Å²) in [4.78, 5) is 4.00. The number of aromatic nitrogens is 2. The number of nitrogen functional groups attached to an aromatic ring is 1.